The number of imidazole rings is 1. The molecule has 3 aromatic heterocycles. The van der Waals surface area contributed by atoms with E-state index in [0.717, 1.165) is 42.8 Å². The number of fused-ring (bicyclic) bond motifs is 1. The molecule has 0 fully saturated rings. The van der Waals surface area contributed by atoms with Gasteiger partial charge in [-0.25, -0.2) is 9.97 Å². The summed E-state index contributed by atoms with van der Waals surface area (Å²) in [7, 11) is 0. The summed E-state index contributed by atoms with van der Waals surface area (Å²) < 4.78 is 8.18. The fraction of sp³-hybridized carbons (Fsp3) is 0.353. The summed E-state index contributed by atoms with van der Waals surface area (Å²) in [5.41, 5.74) is 0. The first-order valence-electron chi connectivity index (χ1n) is 8.00. The first kappa shape index (κ1) is 15.3. The van der Waals surface area contributed by atoms with Gasteiger partial charge in [0.15, 0.2) is 0 Å². The van der Waals surface area contributed by atoms with E-state index in [1.807, 2.05) is 29.9 Å². The second-order valence-electron chi connectivity index (χ2n) is 5.96. The predicted molar refractivity (Wildman–Crippen MR) is 91.7 cm³/mol. The monoisotopic (exact) mass is 341 g/mol. The van der Waals surface area contributed by atoms with Crippen LogP contribution in [-0.4, -0.2) is 37.6 Å². The van der Waals surface area contributed by atoms with E-state index in [1.165, 1.54) is 0 Å². The molecule has 3 aromatic rings. The van der Waals surface area contributed by atoms with Gasteiger partial charge >= 0.3 is 0 Å². The van der Waals surface area contributed by atoms with Crippen molar-refractivity contribution in [3.63, 3.8) is 0 Å². The van der Waals surface area contributed by atoms with Crippen molar-refractivity contribution in [1.82, 2.24) is 24.4 Å². The lowest BCUT2D eigenvalue weighted by Gasteiger charge is -2.23. The van der Waals surface area contributed by atoms with Gasteiger partial charge in [-0.3, -0.25) is 9.88 Å². The van der Waals surface area contributed by atoms with Gasteiger partial charge in [0.25, 0.3) is 0 Å². The molecule has 124 valence electrons. The maximum atomic E-state index is 5.94. The zero-order valence-electron chi connectivity index (χ0n) is 13.3. The lowest BCUT2D eigenvalue weighted by atomic mass is 10.1. The van der Waals surface area contributed by atoms with Crippen LogP contribution >= 0.6 is 11.3 Å². The van der Waals surface area contributed by atoms with Gasteiger partial charge in [0.1, 0.15) is 16.6 Å². The second-order valence-corrected chi connectivity index (χ2v) is 6.94. The Morgan fingerprint density at radius 1 is 1.21 bits per heavy atom. The maximum absolute atomic E-state index is 5.94. The summed E-state index contributed by atoms with van der Waals surface area (Å²) in [4.78, 5) is 15.4. The van der Waals surface area contributed by atoms with Gasteiger partial charge in [0.2, 0.25) is 0 Å². The van der Waals surface area contributed by atoms with E-state index in [4.69, 9.17) is 4.74 Å². The largest absolute Gasteiger partial charge is 0.492 e. The summed E-state index contributed by atoms with van der Waals surface area (Å²) >= 11 is 1.70. The molecule has 0 amide bonds. The van der Waals surface area contributed by atoms with Crippen LogP contribution in [0, 0.1) is 5.92 Å². The summed E-state index contributed by atoms with van der Waals surface area (Å²) in [5.74, 6) is 2.31. The minimum Gasteiger partial charge on any atom is -0.492 e. The molecule has 6 nitrogen and oxygen atoms in total. The molecule has 1 aliphatic heterocycles. The van der Waals surface area contributed by atoms with E-state index in [-0.39, 0.29) is 0 Å². The summed E-state index contributed by atoms with van der Waals surface area (Å²) in [5, 5.41) is 3.17. The minimum atomic E-state index is 0.389. The smallest absolute Gasteiger partial charge is 0.137 e. The lowest BCUT2D eigenvalue weighted by molar-refractivity contribution is 0.167. The number of thiazole rings is 1. The van der Waals surface area contributed by atoms with Gasteiger partial charge in [-0.2, -0.15) is 0 Å². The molecule has 4 heterocycles. The van der Waals surface area contributed by atoms with Gasteiger partial charge in [-0.15, -0.1) is 11.3 Å². The Morgan fingerprint density at radius 2 is 2.21 bits per heavy atom. The average Bonchev–Trinajstić information content (AvgIpc) is 3.23. The van der Waals surface area contributed by atoms with E-state index in [1.54, 1.807) is 23.7 Å². The number of rotatable bonds is 5. The maximum Gasteiger partial charge on any atom is 0.137 e. The minimum absolute atomic E-state index is 0.389. The van der Waals surface area contributed by atoms with Crippen LogP contribution < -0.4 is 4.74 Å². The molecule has 4 rings (SSSR count). The Bertz CT molecular complexity index is 758. The Hall–Kier alpha value is -2.25. The van der Waals surface area contributed by atoms with Crippen molar-refractivity contribution < 1.29 is 4.74 Å². The fourth-order valence-corrected chi connectivity index (χ4v) is 3.68. The quantitative estimate of drug-likeness (QED) is 0.713. The van der Waals surface area contributed by atoms with Crippen LogP contribution in [0.1, 0.15) is 10.8 Å². The zero-order valence-corrected chi connectivity index (χ0v) is 14.1. The normalized spacial score (nSPS) is 18.1. The van der Waals surface area contributed by atoms with Crippen molar-refractivity contribution in [3.05, 3.63) is 59.3 Å². The first-order valence-corrected chi connectivity index (χ1v) is 8.88. The molecule has 0 bridgehead atoms. The topological polar surface area (TPSA) is 56.1 Å². The Morgan fingerprint density at radius 3 is 3.04 bits per heavy atom. The highest BCUT2D eigenvalue weighted by Gasteiger charge is 2.23. The standard InChI is InChI=1S/C17H19N5OS/c1-2-15(8-18-3-1)23-13-14-9-21(12-17-20-5-7-24-17)11-16-19-4-6-22(16)10-14/h1-8,14H,9-13H2. The highest BCUT2D eigenvalue weighted by molar-refractivity contribution is 7.09. The fourth-order valence-electron chi connectivity index (χ4n) is 3.02. The molecule has 0 saturated carbocycles. The van der Waals surface area contributed by atoms with E-state index in [0.29, 0.717) is 12.5 Å². The van der Waals surface area contributed by atoms with Crippen LogP contribution in [0.2, 0.25) is 0 Å². The van der Waals surface area contributed by atoms with Gasteiger partial charge < -0.3 is 9.30 Å². The highest BCUT2D eigenvalue weighted by Crippen LogP contribution is 2.19. The van der Waals surface area contributed by atoms with E-state index < -0.39 is 0 Å². The van der Waals surface area contributed by atoms with Crippen molar-refractivity contribution in [2.45, 2.75) is 19.6 Å². The molecule has 1 aliphatic rings. The number of hydrogen-bond donors (Lipinski definition) is 0. The third kappa shape index (κ3) is 3.63. The summed E-state index contributed by atoms with van der Waals surface area (Å²) in [6.07, 6.45) is 9.31. The van der Waals surface area contributed by atoms with Gasteiger partial charge in [0.05, 0.1) is 25.9 Å². The lowest BCUT2D eigenvalue weighted by Crippen LogP contribution is -2.30. The van der Waals surface area contributed by atoms with Crippen LogP contribution in [-0.2, 0) is 19.6 Å². The van der Waals surface area contributed by atoms with Crippen molar-refractivity contribution in [2.24, 2.45) is 5.92 Å². The number of pyridine rings is 1. The molecule has 0 aliphatic carbocycles. The molecule has 0 aromatic carbocycles. The first-order chi connectivity index (χ1) is 11.9. The van der Waals surface area contributed by atoms with E-state index in [2.05, 4.69) is 30.6 Å². The van der Waals surface area contributed by atoms with Crippen LogP contribution in [0.15, 0.2) is 48.5 Å². The highest BCUT2D eigenvalue weighted by atomic mass is 32.1. The molecule has 1 atom stereocenters. The molecule has 0 N–H and O–H groups in total. The summed E-state index contributed by atoms with van der Waals surface area (Å²) in [6.45, 7) is 4.24. The molecule has 0 saturated heterocycles. The van der Waals surface area contributed by atoms with Crippen LogP contribution in [0.4, 0.5) is 0 Å². The van der Waals surface area contributed by atoms with Gasteiger partial charge in [-0.1, -0.05) is 0 Å². The van der Waals surface area contributed by atoms with Gasteiger partial charge in [-0.05, 0) is 12.1 Å². The number of nitrogens with zero attached hydrogens (tertiary/aromatic N) is 5. The molecule has 7 heteroatoms. The number of ether oxygens (including phenoxy) is 1. The Kier molecular flexibility index (Phi) is 4.53. The average molecular weight is 341 g/mol. The third-order valence-corrected chi connectivity index (χ3v) is 4.86. The number of hydrogen-bond acceptors (Lipinski definition) is 6. The van der Waals surface area contributed by atoms with Crippen molar-refractivity contribution in [3.8, 4) is 5.75 Å². The second kappa shape index (κ2) is 7.11. The van der Waals surface area contributed by atoms with E-state index >= 15 is 0 Å². The van der Waals surface area contributed by atoms with Crippen molar-refractivity contribution in [1.29, 1.82) is 0 Å². The van der Waals surface area contributed by atoms with Crippen molar-refractivity contribution >= 4 is 11.3 Å². The Balaban J connectivity index is 1.46. The predicted octanol–water partition coefficient (Wildman–Crippen LogP) is 2.45. The molecule has 0 radical (unpaired) electrons. The molecule has 24 heavy (non-hydrogen) atoms. The Labute approximate surface area is 144 Å². The van der Waals surface area contributed by atoms with Gasteiger partial charge in [0, 0.05) is 49.2 Å². The SMILES string of the molecule is c1cncc(OCC2CN(Cc3nccs3)Cc3nccn3C2)c1. The summed E-state index contributed by atoms with van der Waals surface area (Å²) in [6, 6.07) is 3.84. The van der Waals surface area contributed by atoms with Crippen LogP contribution in [0.25, 0.3) is 0 Å². The molecule has 1 unspecified atom stereocenters. The van der Waals surface area contributed by atoms with Crippen LogP contribution in [0.5, 0.6) is 5.75 Å². The zero-order chi connectivity index (χ0) is 16.2. The molecular weight excluding hydrogens is 322 g/mol. The molecular formula is C17H19N5OS. The molecule has 0 spiro atoms. The van der Waals surface area contributed by atoms with Crippen LogP contribution in [0.3, 0.4) is 0 Å². The van der Waals surface area contributed by atoms with Crippen molar-refractivity contribution in [2.75, 3.05) is 13.2 Å². The third-order valence-electron chi connectivity index (χ3n) is 4.10. The van der Waals surface area contributed by atoms with E-state index in [9.17, 15) is 0 Å². The number of aromatic nitrogens is 4.